The number of H-pyrrole nitrogens is 1. The number of pyridine rings is 1. The van der Waals surface area contributed by atoms with Crippen LogP contribution < -0.4 is 20.5 Å². The van der Waals surface area contributed by atoms with E-state index in [1.807, 2.05) is 6.20 Å². The Balaban J connectivity index is 1.42. The molecule has 0 saturated carbocycles. The summed E-state index contributed by atoms with van der Waals surface area (Å²) in [7, 11) is 1.58. The maximum atomic E-state index is 6.37. The Morgan fingerprint density at radius 3 is 2.82 bits per heavy atom. The van der Waals surface area contributed by atoms with Gasteiger partial charge in [-0.3, -0.25) is 5.10 Å². The van der Waals surface area contributed by atoms with Crippen molar-refractivity contribution in [1.29, 1.82) is 0 Å². The van der Waals surface area contributed by atoms with E-state index in [1.165, 1.54) is 0 Å². The number of aromatic nitrogens is 3. The number of hydrogen-bond acceptors (Lipinski definition) is 7. The molecule has 3 aromatic heterocycles. The van der Waals surface area contributed by atoms with E-state index in [1.54, 1.807) is 31.7 Å². The van der Waals surface area contributed by atoms with E-state index < -0.39 is 0 Å². The second-order valence-corrected chi connectivity index (χ2v) is 9.08. The number of methoxy groups -OCH3 is 1. The smallest absolute Gasteiger partial charge is 0.205 e. The van der Waals surface area contributed by atoms with Crippen LogP contribution in [0.5, 0.6) is 11.5 Å². The number of rotatable bonds is 7. The van der Waals surface area contributed by atoms with E-state index in [-0.39, 0.29) is 5.82 Å². The zero-order chi connectivity index (χ0) is 23.7. The van der Waals surface area contributed by atoms with Crippen molar-refractivity contribution in [2.75, 3.05) is 32.5 Å². The van der Waals surface area contributed by atoms with Gasteiger partial charge < -0.3 is 24.9 Å². The molecule has 0 aliphatic carbocycles. The van der Waals surface area contributed by atoms with Crippen LogP contribution >= 0.6 is 23.2 Å². The number of fused-ring (bicyclic) bond motifs is 1. The number of furan rings is 1. The van der Waals surface area contributed by atoms with Crippen molar-refractivity contribution >= 4 is 40.0 Å². The normalized spacial score (nSPS) is 14.6. The molecule has 0 atom stereocenters. The van der Waals surface area contributed by atoms with Gasteiger partial charge in [-0.1, -0.05) is 23.2 Å². The summed E-state index contributed by atoms with van der Waals surface area (Å²) in [5.41, 5.74) is 10.5. The Kier molecular flexibility index (Phi) is 6.54. The average Bonchev–Trinajstić information content (AvgIpc) is 3.49. The molecule has 1 aromatic carbocycles. The largest absolute Gasteiger partial charge is 0.496 e. The third-order valence-electron chi connectivity index (χ3n) is 6.22. The maximum Gasteiger partial charge on any atom is 0.205 e. The molecule has 4 aromatic rings. The quantitative estimate of drug-likeness (QED) is 0.318. The van der Waals surface area contributed by atoms with Crippen LogP contribution in [0, 0.1) is 0 Å². The van der Waals surface area contributed by atoms with Gasteiger partial charge in [-0.25, -0.2) is 4.98 Å². The van der Waals surface area contributed by atoms with Crippen LogP contribution in [0.25, 0.3) is 22.1 Å². The fourth-order valence-corrected chi connectivity index (χ4v) is 5.08. The molecule has 1 aliphatic rings. The minimum Gasteiger partial charge on any atom is -0.496 e. The van der Waals surface area contributed by atoms with Gasteiger partial charge in [0.2, 0.25) is 5.75 Å². The van der Waals surface area contributed by atoms with Gasteiger partial charge in [0.1, 0.15) is 12.0 Å². The van der Waals surface area contributed by atoms with Crippen molar-refractivity contribution < 1.29 is 13.9 Å². The van der Waals surface area contributed by atoms with Crippen LogP contribution in [0.15, 0.2) is 35.2 Å². The lowest BCUT2D eigenvalue weighted by Gasteiger charge is -2.21. The minimum absolute atomic E-state index is 0.258. The standard InChI is InChI=1S/C24H25Cl2N5O3/c1-32-20-9-14(25)8-19(26)15(20)4-7-33-23-22-17(10-29-24(23)27)18(12-34-22)16-11-30-31-21(16)13-2-5-28-6-3-13/h8-13,28H,2-7H2,1H3,(H2,27,29)(H,30,31). The zero-order valence-corrected chi connectivity index (χ0v) is 20.2. The zero-order valence-electron chi connectivity index (χ0n) is 18.7. The van der Waals surface area contributed by atoms with Crippen molar-refractivity contribution in [1.82, 2.24) is 20.5 Å². The SMILES string of the molecule is COc1cc(Cl)cc(Cl)c1CCOc1c(N)ncc2c(-c3c[nH]nc3C3CCNCC3)coc12. The molecule has 0 amide bonds. The molecule has 0 radical (unpaired) electrons. The number of hydrogen-bond donors (Lipinski definition) is 3. The molecule has 4 heterocycles. The first kappa shape index (κ1) is 22.8. The van der Waals surface area contributed by atoms with Crippen molar-refractivity contribution in [3.8, 4) is 22.6 Å². The van der Waals surface area contributed by atoms with E-state index in [0.717, 1.165) is 53.7 Å². The van der Waals surface area contributed by atoms with Crippen molar-refractivity contribution in [2.45, 2.75) is 25.2 Å². The first-order chi connectivity index (χ1) is 16.6. The topological polar surface area (TPSA) is 111 Å². The Morgan fingerprint density at radius 1 is 1.21 bits per heavy atom. The summed E-state index contributed by atoms with van der Waals surface area (Å²) in [5, 5.41) is 12.8. The van der Waals surface area contributed by atoms with E-state index in [2.05, 4.69) is 20.5 Å². The summed E-state index contributed by atoms with van der Waals surface area (Å²) in [5.74, 6) is 1.66. The van der Waals surface area contributed by atoms with Crippen LogP contribution in [0.2, 0.25) is 10.0 Å². The Morgan fingerprint density at radius 2 is 2.03 bits per heavy atom. The number of halogens is 2. The average molecular weight is 502 g/mol. The van der Waals surface area contributed by atoms with E-state index in [9.17, 15) is 0 Å². The highest BCUT2D eigenvalue weighted by atomic mass is 35.5. The van der Waals surface area contributed by atoms with Crippen LogP contribution in [0.3, 0.4) is 0 Å². The molecule has 8 nitrogen and oxygen atoms in total. The highest BCUT2D eigenvalue weighted by molar-refractivity contribution is 6.35. The van der Waals surface area contributed by atoms with Gasteiger partial charge in [0, 0.05) is 51.5 Å². The molecular weight excluding hydrogens is 477 g/mol. The molecule has 5 rings (SSSR count). The highest BCUT2D eigenvalue weighted by Gasteiger charge is 2.25. The number of benzene rings is 1. The van der Waals surface area contributed by atoms with Gasteiger partial charge in [-0.2, -0.15) is 5.10 Å². The molecule has 4 N–H and O–H groups in total. The maximum absolute atomic E-state index is 6.37. The van der Waals surface area contributed by atoms with Crippen LogP contribution in [0.4, 0.5) is 5.82 Å². The number of nitrogens with one attached hydrogen (secondary N) is 2. The van der Waals surface area contributed by atoms with E-state index in [0.29, 0.717) is 46.1 Å². The fraction of sp³-hybridized carbons (Fsp3) is 0.333. The van der Waals surface area contributed by atoms with E-state index in [4.69, 9.17) is 42.8 Å². The summed E-state index contributed by atoms with van der Waals surface area (Å²) in [6.45, 7) is 2.27. The number of ether oxygens (including phenoxy) is 2. The third-order valence-corrected chi connectivity index (χ3v) is 6.78. The Labute approximate surface area is 206 Å². The van der Waals surface area contributed by atoms with Gasteiger partial charge >= 0.3 is 0 Å². The number of anilines is 1. The highest BCUT2D eigenvalue weighted by Crippen LogP contribution is 2.41. The van der Waals surface area contributed by atoms with Gasteiger partial charge in [0.05, 0.1) is 24.8 Å². The first-order valence-corrected chi connectivity index (χ1v) is 11.9. The van der Waals surface area contributed by atoms with Crippen molar-refractivity contribution in [3.63, 3.8) is 0 Å². The lowest BCUT2D eigenvalue weighted by atomic mass is 9.90. The lowest BCUT2D eigenvalue weighted by Crippen LogP contribution is -2.27. The summed E-state index contributed by atoms with van der Waals surface area (Å²) in [4.78, 5) is 4.36. The summed E-state index contributed by atoms with van der Waals surface area (Å²) in [6, 6.07) is 3.41. The number of aromatic amines is 1. The Hall–Kier alpha value is -2.94. The number of nitrogens with two attached hydrogens (primary N) is 1. The lowest BCUT2D eigenvalue weighted by molar-refractivity contribution is 0.318. The molecule has 10 heteroatoms. The van der Waals surface area contributed by atoms with Gasteiger partial charge in [-0.15, -0.1) is 0 Å². The summed E-state index contributed by atoms with van der Waals surface area (Å²) >= 11 is 12.5. The number of nitrogen functional groups attached to an aromatic ring is 1. The monoisotopic (exact) mass is 501 g/mol. The second-order valence-electron chi connectivity index (χ2n) is 8.24. The predicted molar refractivity (Wildman–Crippen MR) is 133 cm³/mol. The molecule has 1 saturated heterocycles. The molecular formula is C24H25Cl2N5O3. The second kappa shape index (κ2) is 9.74. The van der Waals surface area contributed by atoms with Crippen LogP contribution in [0.1, 0.15) is 30.0 Å². The minimum atomic E-state index is 0.258. The van der Waals surface area contributed by atoms with Crippen molar-refractivity contribution in [3.05, 3.63) is 52.1 Å². The number of nitrogens with zero attached hydrogens (tertiary/aromatic N) is 2. The Bertz CT molecular complexity index is 1310. The molecule has 1 aliphatic heterocycles. The molecule has 0 bridgehead atoms. The fourth-order valence-electron chi connectivity index (χ4n) is 4.51. The molecule has 0 spiro atoms. The van der Waals surface area contributed by atoms with Gasteiger partial charge in [-0.05, 0) is 38.1 Å². The van der Waals surface area contributed by atoms with Crippen molar-refractivity contribution in [2.24, 2.45) is 0 Å². The van der Waals surface area contributed by atoms with Crippen LogP contribution in [-0.2, 0) is 6.42 Å². The summed E-state index contributed by atoms with van der Waals surface area (Å²) in [6.07, 6.45) is 7.92. The van der Waals surface area contributed by atoms with E-state index >= 15 is 0 Å². The number of piperidine rings is 1. The summed E-state index contributed by atoms with van der Waals surface area (Å²) < 4.78 is 17.4. The molecule has 0 unspecified atom stereocenters. The third kappa shape index (κ3) is 4.29. The molecule has 178 valence electrons. The van der Waals surface area contributed by atoms with Gasteiger partial charge in [0.25, 0.3) is 0 Å². The van der Waals surface area contributed by atoms with Gasteiger partial charge in [0.15, 0.2) is 11.4 Å². The first-order valence-electron chi connectivity index (χ1n) is 11.1. The molecule has 34 heavy (non-hydrogen) atoms. The predicted octanol–water partition coefficient (Wildman–Crippen LogP) is 5.20. The van der Waals surface area contributed by atoms with Crippen LogP contribution in [-0.4, -0.2) is 42.0 Å². The molecule has 1 fully saturated rings.